The number of carbonyl (C=O) groups is 2. The summed E-state index contributed by atoms with van der Waals surface area (Å²) in [5.74, 6) is -0.476. The Hall–Kier alpha value is -2.92. The summed E-state index contributed by atoms with van der Waals surface area (Å²) in [6.45, 7) is 3.91. The number of amides is 2. The fourth-order valence-corrected chi connectivity index (χ4v) is 2.84. The molecule has 2 aromatic rings. The molecular weight excluding hydrogens is 328 g/mol. The smallest absolute Gasteiger partial charge is 0.270 e. The van der Waals surface area contributed by atoms with Crippen molar-refractivity contribution in [2.45, 2.75) is 6.92 Å². The van der Waals surface area contributed by atoms with Gasteiger partial charge in [0.05, 0.1) is 13.2 Å². The quantitative estimate of drug-likeness (QED) is 0.863. The lowest BCUT2D eigenvalue weighted by molar-refractivity contribution is -0.131. The number of nitrogens with one attached hydrogen (secondary N) is 1. The standard InChI is InChI=1S/C21H22N2O3/c1-16(17-8-4-2-5-9-17)19(21(25)23-12-14-26-15-13-23)22-20(24)18-10-6-3-7-11-18/h2-11H,12-15H2,1H3,(H,22,24)/b19-16-. The molecule has 26 heavy (non-hydrogen) atoms. The van der Waals surface area contributed by atoms with Gasteiger partial charge in [-0.15, -0.1) is 0 Å². The van der Waals surface area contributed by atoms with Gasteiger partial charge in [0.2, 0.25) is 0 Å². The van der Waals surface area contributed by atoms with E-state index in [0.29, 0.717) is 37.6 Å². The Kier molecular flexibility index (Phi) is 5.81. The Morgan fingerprint density at radius 2 is 1.42 bits per heavy atom. The molecule has 1 heterocycles. The predicted molar refractivity (Wildman–Crippen MR) is 100 cm³/mol. The Morgan fingerprint density at radius 1 is 0.885 bits per heavy atom. The lowest BCUT2D eigenvalue weighted by Crippen LogP contribution is -2.44. The molecule has 0 unspecified atom stereocenters. The molecule has 1 aliphatic rings. The van der Waals surface area contributed by atoms with Crippen LogP contribution in [-0.4, -0.2) is 43.0 Å². The van der Waals surface area contributed by atoms with Crippen LogP contribution in [0.15, 0.2) is 66.4 Å². The van der Waals surface area contributed by atoms with Crippen molar-refractivity contribution in [3.05, 3.63) is 77.5 Å². The van der Waals surface area contributed by atoms with Crippen molar-refractivity contribution in [1.29, 1.82) is 0 Å². The summed E-state index contributed by atoms with van der Waals surface area (Å²) in [5, 5.41) is 2.84. The molecule has 5 nitrogen and oxygen atoms in total. The number of allylic oxidation sites excluding steroid dienone is 1. The summed E-state index contributed by atoms with van der Waals surface area (Å²) in [4.78, 5) is 27.4. The molecule has 0 atom stereocenters. The molecular formula is C21H22N2O3. The molecule has 1 N–H and O–H groups in total. The van der Waals surface area contributed by atoms with E-state index in [1.54, 1.807) is 29.2 Å². The van der Waals surface area contributed by atoms with Crippen LogP contribution >= 0.6 is 0 Å². The summed E-state index contributed by atoms with van der Waals surface area (Å²) in [6.07, 6.45) is 0. The van der Waals surface area contributed by atoms with Crippen LogP contribution in [0.5, 0.6) is 0 Å². The number of hydrogen-bond acceptors (Lipinski definition) is 3. The maximum Gasteiger partial charge on any atom is 0.270 e. The zero-order chi connectivity index (χ0) is 18.4. The highest BCUT2D eigenvalue weighted by molar-refractivity contribution is 6.07. The highest BCUT2D eigenvalue weighted by Crippen LogP contribution is 2.19. The van der Waals surface area contributed by atoms with Crippen molar-refractivity contribution in [3.8, 4) is 0 Å². The van der Waals surface area contributed by atoms with E-state index in [1.165, 1.54) is 0 Å². The van der Waals surface area contributed by atoms with E-state index in [-0.39, 0.29) is 11.8 Å². The van der Waals surface area contributed by atoms with Crippen LogP contribution in [0.25, 0.3) is 5.57 Å². The molecule has 0 bridgehead atoms. The summed E-state index contributed by atoms with van der Waals surface area (Å²) in [7, 11) is 0. The topological polar surface area (TPSA) is 58.6 Å². The van der Waals surface area contributed by atoms with Gasteiger partial charge in [-0.25, -0.2) is 0 Å². The molecule has 0 aliphatic carbocycles. The van der Waals surface area contributed by atoms with Crippen LogP contribution < -0.4 is 5.32 Å². The van der Waals surface area contributed by atoms with E-state index in [9.17, 15) is 9.59 Å². The molecule has 1 saturated heterocycles. The maximum absolute atomic E-state index is 13.1. The zero-order valence-electron chi connectivity index (χ0n) is 14.8. The normalized spacial score (nSPS) is 15.2. The molecule has 134 valence electrons. The lowest BCUT2D eigenvalue weighted by Gasteiger charge is -2.28. The highest BCUT2D eigenvalue weighted by atomic mass is 16.5. The van der Waals surface area contributed by atoms with Crippen molar-refractivity contribution >= 4 is 17.4 Å². The molecule has 3 rings (SSSR count). The van der Waals surface area contributed by atoms with Gasteiger partial charge in [-0.2, -0.15) is 0 Å². The first-order valence-electron chi connectivity index (χ1n) is 8.66. The average molecular weight is 350 g/mol. The largest absolute Gasteiger partial charge is 0.378 e. The van der Waals surface area contributed by atoms with Crippen LogP contribution in [0.3, 0.4) is 0 Å². The third-order valence-electron chi connectivity index (χ3n) is 4.37. The Morgan fingerprint density at radius 3 is 2.00 bits per heavy atom. The second-order valence-electron chi connectivity index (χ2n) is 6.09. The molecule has 0 saturated carbocycles. The molecule has 0 spiro atoms. The number of ether oxygens (including phenoxy) is 1. The third kappa shape index (κ3) is 4.18. The zero-order valence-corrected chi connectivity index (χ0v) is 14.8. The molecule has 0 radical (unpaired) electrons. The first kappa shape index (κ1) is 17.9. The first-order valence-corrected chi connectivity index (χ1v) is 8.66. The van der Waals surface area contributed by atoms with E-state index in [1.807, 2.05) is 43.3 Å². The van der Waals surface area contributed by atoms with Crippen molar-refractivity contribution in [1.82, 2.24) is 10.2 Å². The van der Waals surface area contributed by atoms with Crippen LogP contribution in [0.2, 0.25) is 0 Å². The van der Waals surface area contributed by atoms with E-state index in [0.717, 1.165) is 11.1 Å². The fourth-order valence-electron chi connectivity index (χ4n) is 2.84. The third-order valence-corrected chi connectivity index (χ3v) is 4.37. The van der Waals surface area contributed by atoms with Crippen LogP contribution in [0, 0.1) is 0 Å². The van der Waals surface area contributed by atoms with Crippen molar-refractivity contribution in [2.24, 2.45) is 0 Å². The van der Waals surface area contributed by atoms with Crippen LogP contribution in [-0.2, 0) is 9.53 Å². The van der Waals surface area contributed by atoms with Gasteiger partial charge in [0, 0.05) is 18.7 Å². The highest BCUT2D eigenvalue weighted by Gasteiger charge is 2.24. The van der Waals surface area contributed by atoms with E-state index >= 15 is 0 Å². The van der Waals surface area contributed by atoms with Gasteiger partial charge in [0.15, 0.2) is 0 Å². The minimum absolute atomic E-state index is 0.182. The predicted octanol–water partition coefficient (Wildman–Crippen LogP) is 2.71. The minimum atomic E-state index is -0.294. The van der Waals surface area contributed by atoms with Gasteiger partial charge >= 0.3 is 0 Å². The van der Waals surface area contributed by atoms with E-state index in [2.05, 4.69) is 5.32 Å². The molecule has 5 heteroatoms. The van der Waals surface area contributed by atoms with Crippen molar-refractivity contribution < 1.29 is 14.3 Å². The van der Waals surface area contributed by atoms with E-state index < -0.39 is 0 Å². The number of benzene rings is 2. The number of rotatable bonds is 4. The first-order chi connectivity index (χ1) is 12.7. The molecule has 1 aliphatic heterocycles. The van der Waals surface area contributed by atoms with Crippen molar-refractivity contribution in [2.75, 3.05) is 26.3 Å². The van der Waals surface area contributed by atoms with Gasteiger partial charge in [0.25, 0.3) is 11.8 Å². The van der Waals surface area contributed by atoms with Crippen LogP contribution in [0.4, 0.5) is 0 Å². The second kappa shape index (κ2) is 8.45. The summed E-state index contributed by atoms with van der Waals surface area (Å²) < 4.78 is 5.33. The second-order valence-corrected chi connectivity index (χ2v) is 6.09. The number of carbonyl (C=O) groups excluding carboxylic acids is 2. The lowest BCUT2D eigenvalue weighted by atomic mass is 10.0. The van der Waals surface area contributed by atoms with Crippen molar-refractivity contribution in [3.63, 3.8) is 0 Å². The van der Waals surface area contributed by atoms with Crippen LogP contribution in [0.1, 0.15) is 22.8 Å². The molecule has 2 aromatic carbocycles. The Bertz CT molecular complexity index is 795. The van der Waals surface area contributed by atoms with E-state index in [4.69, 9.17) is 4.74 Å². The van der Waals surface area contributed by atoms with Gasteiger partial charge in [-0.05, 0) is 30.2 Å². The maximum atomic E-state index is 13.1. The number of nitrogens with zero attached hydrogens (tertiary/aromatic N) is 1. The fraction of sp³-hybridized carbons (Fsp3) is 0.238. The Balaban J connectivity index is 1.93. The summed E-state index contributed by atoms with van der Waals surface area (Å²) in [6, 6.07) is 18.5. The molecule has 1 fully saturated rings. The SMILES string of the molecule is C/C(=C(/NC(=O)c1ccccc1)C(=O)N1CCOCC1)c1ccccc1. The number of hydrogen-bond donors (Lipinski definition) is 1. The van der Waals surface area contributed by atoms with Gasteiger partial charge in [0.1, 0.15) is 5.70 Å². The summed E-state index contributed by atoms with van der Waals surface area (Å²) >= 11 is 0. The minimum Gasteiger partial charge on any atom is -0.378 e. The Labute approximate surface area is 153 Å². The van der Waals surface area contributed by atoms with Gasteiger partial charge in [-0.1, -0.05) is 48.5 Å². The van der Waals surface area contributed by atoms with Gasteiger partial charge in [-0.3, -0.25) is 9.59 Å². The molecule has 0 aromatic heterocycles. The summed E-state index contributed by atoms with van der Waals surface area (Å²) in [5.41, 5.74) is 2.47. The average Bonchev–Trinajstić information content (AvgIpc) is 2.73. The monoisotopic (exact) mass is 350 g/mol. The molecule has 2 amide bonds. The van der Waals surface area contributed by atoms with Gasteiger partial charge < -0.3 is 15.0 Å². The number of morpholine rings is 1.